The summed E-state index contributed by atoms with van der Waals surface area (Å²) in [5, 5.41) is 17.3. The van der Waals surface area contributed by atoms with Gasteiger partial charge in [-0.1, -0.05) is 18.2 Å². The molecule has 182 valence electrons. The Morgan fingerprint density at radius 3 is 2.57 bits per heavy atom. The number of anilines is 1. The van der Waals surface area contributed by atoms with Gasteiger partial charge in [0.15, 0.2) is 5.76 Å². The number of hydrogen-bond donors (Lipinski definition) is 1. The molecule has 1 aromatic carbocycles. The number of rotatable bonds is 7. The summed E-state index contributed by atoms with van der Waals surface area (Å²) in [7, 11) is 0. The quantitative estimate of drug-likeness (QED) is 0.412. The van der Waals surface area contributed by atoms with E-state index >= 15 is 0 Å². The van der Waals surface area contributed by atoms with Crippen LogP contribution >= 0.6 is 11.3 Å². The van der Waals surface area contributed by atoms with E-state index < -0.39 is 11.6 Å². The highest BCUT2D eigenvalue weighted by Gasteiger charge is 2.35. The Hall–Kier alpha value is -3.79. The molecule has 4 aromatic rings. The molecule has 9 nitrogen and oxygen atoms in total. The third-order valence-electron chi connectivity index (χ3n) is 5.06. The topological polar surface area (TPSA) is 106 Å². The molecule has 1 atom stereocenters. The Balaban J connectivity index is 1.71. The predicted octanol–water partition coefficient (Wildman–Crippen LogP) is 4.30. The molecule has 3 aromatic heterocycles. The Kier molecular flexibility index (Phi) is 6.83. The summed E-state index contributed by atoms with van der Waals surface area (Å²) in [6.07, 6.45) is 0. The summed E-state index contributed by atoms with van der Waals surface area (Å²) < 4.78 is 5.56. The molecule has 2 amide bonds. The fourth-order valence-corrected chi connectivity index (χ4v) is 4.45. The van der Waals surface area contributed by atoms with E-state index in [1.165, 1.54) is 21.0 Å². The molecule has 0 saturated carbocycles. The van der Waals surface area contributed by atoms with Crippen LogP contribution in [0.15, 0.2) is 58.3 Å². The molecule has 10 heteroatoms. The first-order valence-corrected chi connectivity index (χ1v) is 12.1. The van der Waals surface area contributed by atoms with Gasteiger partial charge in [0.25, 0.3) is 5.91 Å². The second kappa shape index (κ2) is 9.83. The van der Waals surface area contributed by atoms with Gasteiger partial charge in [0.1, 0.15) is 18.3 Å². The summed E-state index contributed by atoms with van der Waals surface area (Å²) in [6, 6.07) is 13.9. The minimum absolute atomic E-state index is 0.203. The van der Waals surface area contributed by atoms with Gasteiger partial charge in [0, 0.05) is 16.1 Å². The van der Waals surface area contributed by atoms with Crippen molar-refractivity contribution in [3.8, 4) is 11.6 Å². The van der Waals surface area contributed by atoms with Crippen LogP contribution in [0.2, 0.25) is 0 Å². The van der Waals surface area contributed by atoms with Crippen LogP contribution in [0.4, 0.5) is 5.69 Å². The molecular weight excluding hydrogens is 464 g/mol. The lowest BCUT2D eigenvalue weighted by atomic mass is 10.1. The van der Waals surface area contributed by atoms with Crippen molar-refractivity contribution in [3.05, 3.63) is 70.1 Å². The van der Waals surface area contributed by atoms with Crippen LogP contribution in [0.1, 0.15) is 43.0 Å². The number of tetrazole rings is 1. The molecule has 0 aliphatic heterocycles. The van der Waals surface area contributed by atoms with Crippen molar-refractivity contribution < 1.29 is 14.0 Å². The average molecular weight is 493 g/mol. The van der Waals surface area contributed by atoms with Crippen molar-refractivity contribution >= 4 is 28.8 Å². The first-order chi connectivity index (χ1) is 16.6. The fraction of sp³-hybridized carbons (Fsp3) is 0.320. The molecule has 0 aliphatic rings. The Bertz CT molecular complexity index is 1320. The van der Waals surface area contributed by atoms with E-state index in [1.807, 2.05) is 76.4 Å². The molecule has 0 bridgehead atoms. The minimum atomic E-state index is -0.862. The molecule has 0 fully saturated rings. The number of hydrogen-bond acceptors (Lipinski definition) is 7. The van der Waals surface area contributed by atoms with Crippen molar-refractivity contribution in [1.29, 1.82) is 0 Å². The van der Waals surface area contributed by atoms with Gasteiger partial charge < -0.3 is 9.73 Å². The van der Waals surface area contributed by atoms with Gasteiger partial charge in [0.2, 0.25) is 11.7 Å². The van der Waals surface area contributed by atoms with E-state index in [-0.39, 0.29) is 24.2 Å². The monoisotopic (exact) mass is 492 g/mol. The van der Waals surface area contributed by atoms with Gasteiger partial charge in [-0.25, -0.2) is 0 Å². The first-order valence-electron chi connectivity index (χ1n) is 11.2. The second-order valence-corrected chi connectivity index (χ2v) is 10.3. The van der Waals surface area contributed by atoms with Crippen LogP contribution in [0.25, 0.3) is 11.6 Å². The summed E-state index contributed by atoms with van der Waals surface area (Å²) in [5.41, 5.74) is 1.10. The molecule has 0 radical (unpaired) electrons. The maximum Gasteiger partial charge on any atom is 0.251 e. The summed E-state index contributed by atoms with van der Waals surface area (Å²) in [5.74, 6) is 0.860. The molecule has 1 N–H and O–H groups in total. The lowest BCUT2D eigenvalue weighted by molar-refractivity contribution is -0.128. The predicted molar refractivity (Wildman–Crippen MR) is 134 cm³/mol. The number of nitrogens with one attached hydrogen (secondary N) is 1. The van der Waals surface area contributed by atoms with E-state index in [0.29, 0.717) is 11.4 Å². The normalized spacial score (nSPS) is 12.4. The summed E-state index contributed by atoms with van der Waals surface area (Å²) in [6.45, 7) is 9.29. The molecule has 1 unspecified atom stereocenters. The first kappa shape index (κ1) is 24.3. The maximum absolute atomic E-state index is 13.8. The SMILES string of the molecule is Cc1cccc(N(C(=O)Cn2nnc(-c3ccc(C)o3)n2)C(C(=O)NC(C)(C)C)c2cccs2)c1. The molecule has 4 rings (SSSR count). The van der Waals surface area contributed by atoms with Crippen LogP contribution < -0.4 is 10.2 Å². The van der Waals surface area contributed by atoms with Crippen LogP contribution in [0, 0.1) is 13.8 Å². The summed E-state index contributed by atoms with van der Waals surface area (Å²) >= 11 is 1.42. The average Bonchev–Trinajstić information content (AvgIpc) is 3.52. The number of benzene rings is 1. The van der Waals surface area contributed by atoms with Crippen LogP contribution in [-0.4, -0.2) is 37.6 Å². The number of carbonyl (C=O) groups excluding carboxylic acids is 2. The van der Waals surface area contributed by atoms with E-state index in [0.717, 1.165) is 16.2 Å². The minimum Gasteiger partial charge on any atom is -0.458 e. The van der Waals surface area contributed by atoms with Crippen molar-refractivity contribution in [3.63, 3.8) is 0 Å². The molecule has 3 heterocycles. The van der Waals surface area contributed by atoms with Gasteiger partial charge in [0.05, 0.1) is 0 Å². The molecule has 0 aliphatic carbocycles. The van der Waals surface area contributed by atoms with Gasteiger partial charge in [-0.2, -0.15) is 4.80 Å². The van der Waals surface area contributed by atoms with Crippen LogP contribution in [0.5, 0.6) is 0 Å². The van der Waals surface area contributed by atoms with Crippen molar-refractivity contribution in [2.75, 3.05) is 4.90 Å². The zero-order chi connectivity index (χ0) is 25.2. The molecule has 0 spiro atoms. The van der Waals surface area contributed by atoms with Crippen molar-refractivity contribution in [2.24, 2.45) is 0 Å². The second-order valence-electron chi connectivity index (χ2n) is 9.31. The van der Waals surface area contributed by atoms with E-state index in [1.54, 1.807) is 12.1 Å². The van der Waals surface area contributed by atoms with Crippen molar-refractivity contribution in [1.82, 2.24) is 25.5 Å². The Labute approximate surface area is 207 Å². The van der Waals surface area contributed by atoms with Gasteiger partial charge in [-0.3, -0.25) is 14.5 Å². The number of carbonyl (C=O) groups is 2. The molecule has 0 saturated heterocycles. The molecular formula is C25H28N6O3S. The fourth-order valence-electron chi connectivity index (χ4n) is 3.63. The highest BCUT2D eigenvalue weighted by Crippen LogP contribution is 2.32. The van der Waals surface area contributed by atoms with E-state index in [2.05, 4.69) is 20.7 Å². The van der Waals surface area contributed by atoms with Crippen LogP contribution in [-0.2, 0) is 16.1 Å². The van der Waals surface area contributed by atoms with Crippen molar-refractivity contribution in [2.45, 2.75) is 52.7 Å². The van der Waals surface area contributed by atoms with Gasteiger partial charge >= 0.3 is 0 Å². The third-order valence-corrected chi connectivity index (χ3v) is 5.98. The lowest BCUT2D eigenvalue weighted by Gasteiger charge is -2.33. The standard InChI is InChI=1S/C25H28N6O3S/c1-16-8-6-9-18(14-16)31(22(20-10-7-13-35-20)24(33)26-25(3,4)5)21(32)15-30-28-23(27-29-30)19-12-11-17(2)34-19/h6-14,22H,15H2,1-5H3,(H,26,33). The number of aryl methyl sites for hydroxylation is 2. The zero-order valence-corrected chi connectivity index (χ0v) is 21.2. The van der Waals surface area contributed by atoms with E-state index in [9.17, 15) is 9.59 Å². The highest BCUT2D eigenvalue weighted by atomic mass is 32.1. The number of amides is 2. The van der Waals surface area contributed by atoms with Gasteiger partial charge in [-0.15, -0.1) is 21.5 Å². The number of furan rings is 1. The number of nitrogens with zero attached hydrogens (tertiary/aromatic N) is 5. The zero-order valence-electron chi connectivity index (χ0n) is 20.3. The third kappa shape index (κ3) is 5.83. The van der Waals surface area contributed by atoms with Gasteiger partial charge in [-0.05, 0) is 81.1 Å². The number of thiophene rings is 1. The largest absolute Gasteiger partial charge is 0.458 e. The molecule has 35 heavy (non-hydrogen) atoms. The lowest BCUT2D eigenvalue weighted by Crippen LogP contribution is -2.50. The summed E-state index contributed by atoms with van der Waals surface area (Å²) in [4.78, 5) is 30.8. The van der Waals surface area contributed by atoms with E-state index in [4.69, 9.17) is 4.42 Å². The Morgan fingerprint density at radius 2 is 1.94 bits per heavy atom. The van der Waals surface area contributed by atoms with Crippen LogP contribution in [0.3, 0.4) is 0 Å². The smallest absolute Gasteiger partial charge is 0.251 e. The highest BCUT2D eigenvalue weighted by molar-refractivity contribution is 7.10. The Morgan fingerprint density at radius 1 is 1.14 bits per heavy atom. The maximum atomic E-state index is 13.8. The number of aromatic nitrogens is 4.